The summed E-state index contributed by atoms with van der Waals surface area (Å²) in [7, 11) is 0. The summed E-state index contributed by atoms with van der Waals surface area (Å²) in [5, 5.41) is 6.04. The molecule has 0 spiro atoms. The van der Waals surface area contributed by atoms with E-state index in [1.165, 1.54) is 21.9 Å². The summed E-state index contributed by atoms with van der Waals surface area (Å²) in [6.45, 7) is 3.74. The average molecular weight is 483 g/mol. The van der Waals surface area contributed by atoms with Crippen LogP contribution < -0.4 is 10.2 Å². The van der Waals surface area contributed by atoms with Crippen molar-refractivity contribution >= 4 is 23.4 Å². The zero-order valence-corrected chi connectivity index (χ0v) is 18.2. The van der Waals surface area contributed by atoms with Crippen LogP contribution in [-0.4, -0.2) is 63.9 Å². The van der Waals surface area contributed by atoms with E-state index in [2.05, 4.69) is 20.0 Å². The molecule has 13 heteroatoms. The van der Waals surface area contributed by atoms with Crippen LogP contribution >= 0.6 is 0 Å². The number of rotatable bonds is 5. The molecule has 2 aliphatic heterocycles. The second-order valence-electron chi connectivity index (χ2n) is 8.48. The van der Waals surface area contributed by atoms with Gasteiger partial charge >= 0.3 is 0 Å². The van der Waals surface area contributed by atoms with E-state index < -0.39 is 53.5 Å². The van der Waals surface area contributed by atoms with Crippen molar-refractivity contribution in [2.45, 2.75) is 50.9 Å². The Hall–Kier alpha value is -3.51. The summed E-state index contributed by atoms with van der Waals surface area (Å²) >= 11 is 0. The Morgan fingerprint density at radius 3 is 2.68 bits per heavy atom. The molecule has 0 saturated carbocycles. The van der Waals surface area contributed by atoms with Crippen molar-refractivity contribution in [3.8, 4) is 11.4 Å². The van der Waals surface area contributed by atoms with E-state index in [0.717, 1.165) is 6.07 Å². The molecule has 2 aliphatic rings. The molecule has 0 bridgehead atoms. The first kappa shape index (κ1) is 23.6. The number of halogens is 4. The van der Waals surface area contributed by atoms with E-state index in [4.69, 9.17) is 0 Å². The Bertz CT molecular complexity index is 1140. The Morgan fingerprint density at radius 2 is 2.00 bits per heavy atom. The van der Waals surface area contributed by atoms with E-state index in [0.29, 0.717) is 0 Å². The topological polar surface area (TPSA) is 109 Å². The van der Waals surface area contributed by atoms with Gasteiger partial charge < -0.3 is 14.7 Å². The lowest BCUT2D eigenvalue weighted by molar-refractivity contribution is -0.150. The lowest BCUT2D eigenvalue weighted by atomic mass is 9.97. The number of carbonyl (C=O) groups excluding carboxylic acids is 3. The van der Waals surface area contributed by atoms with Crippen LogP contribution in [0.1, 0.15) is 38.8 Å². The molecule has 0 aliphatic carbocycles. The van der Waals surface area contributed by atoms with Gasteiger partial charge in [0.25, 0.3) is 12.3 Å². The number of nitrogens with one attached hydrogen (secondary N) is 1. The van der Waals surface area contributed by atoms with Gasteiger partial charge in [-0.05, 0) is 38.5 Å². The third kappa shape index (κ3) is 3.99. The van der Waals surface area contributed by atoms with Crippen LogP contribution in [0.5, 0.6) is 0 Å². The van der Waals surface area contributed by atoms with Gasteiger partial charge in [-0.15, -0.1) is 0 Å². The highest BCUT2D eigenvalue weighted by Gasteiger charge is 2.46. The molecule has 34 heavy (non-hydrogen) atoms. The molecule has 1 unspecified atom stereocenters. The number of alkyl halides is 3. The van der Waals surface area contributed by atoms with Crippen molar-refractivity contribution in [1.29, 1.82) is 0 Å². The van der Waals surface area contributed by atoms with Crippen LogP contribution in [-0.2, 0) is 14.4 Å². The monoisotopic (exact) mass is 483 g/mol. The fraction of sp³-hybridized carbons (Fsp3) is 0.476. The summed E-state index contributed by atoms with van der Waals surface area (Å²) in [6, 6.07) is 2.56. The van der Waals surface area contributed by atoms with Gasteiger partial charge in [0.2, 0.25) is 29.7 Å². The Kier molecular flexibility index (Phi) is 6.04. The molecule has 182 valence electrons. The van der Waals surface area contributed by atoms with Gasteiger partial charge in [0.15, 0.2) is 0 Å². The second-order valence-corrected chi connectivity index (χ2v) is 8.48. The first-order valence-electron chi connectivity index (χ1n) is 10.5. The molecular formula is C21H21F4N5O4. The van der Waals surface area contributed by atoms with Crippen molar-refractivity contribution in [2.24, 2.45) is 0 Å². The summed E-state index contributed by atoms with van der Waals surface area (Å²) < 4.78 is 57.8. The highest BCUT2D eigenvalue weighted by atomic mass is 19.3. The van der Waals surface area contributed by atoms with Gasteiger partial charge in [-0.1, -0.05) is 5.16 Å². The van der Waals surface area contributed by atoms with Gasteiger partial charge in [-0.25, -0.2) is 17.6 Å². The smallest absolute Gasteiger partial charge is 0.278 e. The zero-order valence-electron chi connectivity index (χ0n) is 18.2. The summed E-state index contributed by atoms with van der Waals surface area (Å²) in [6.07, 6.45) is -5.94. The molecule has 0 radical (unpaired) electrons. The maximum Gasteiger partial charge on any atom is 0.278 e. The molecule has 1 aromatic heterocycles. The highest BCUT2D eigenvalue weighted by molar-refractivity contribution is 6.05. The first-order chi connectivity index (χ1) is 16.0. The van der Waals surface area contributed by atoms with Crippen molar-refractivity contribution in [1.82, 2.24) is 20.4 Å². The molecule has 2 atom stereocenters. The number of carbonyl (C=O) groups is 3. The molecule has 3 heterocycles. The average Bonchev–Trinajstić information content (AvgIpc) is 3.41. The minimum absolute atomic E-state index is 0.0555. The number of hydrogen-bond donors (Lipinski definition) is 1. The normalized spacial score (nSPS) is 21.2. The van der Waals surface area contributed by atoms with Gasteiger partial charge in [-0.2, -0.15) is 4.98 Å². The maximum absolute atomic E-state index is 14.9. The molecule has 2 fully saturated rings. The van der Waals surface area contributed by atoms with Crippen LogP contribution in [0.25, 0.3) is 11.4 Å². The largest absolute Gasteiger partial charge is 0.352 e. The maximum atomic E-state index is 14.9. The van der Waals surface area contributed by atoms with Crippen LogP contribution in [0.2, 0.25) is 0 Å². The summed E-state index contributed by atoms with van der Waals surface area (Å²) in [5.41, 5.74) is -1.30. The fourth-order valence-corrected chi connectivity index (χ4v) is 4.11. The molecule has 1 N–H and O–H groups in total. The Balaban J connectivity index is 1.61. The highest BCUT2D eigenvalue weighted by Crippen LogP contribution is 2.33. The van der Waals surface area contributed by atoms with Crippen molar-refractivity contribution < 1.29 is 36.5 Å². The number of hydrogen-bond acceptors (Lipinski definition) is 6. The summed E-state index contributed by atoms with van der Waals surface area (Å²) in [5.74, 6) is -3.50. The van der Waals surface area contributed by atoms with Gasteiger partial charge in [0.05, 0.1) is 5.56 Å². The molecule has 4 rings (SSSR count). The predicted molar refractivity (Wildman–Crippen MR) is 109 cm³/mol. The third-order valence-corrected chi connectivity index (χ3v) is 5.99. The predicted octanol–water partition coefficient (Wildman–Crippen LogP) is 2.38. The number of amides is 3. The number of aromatic nitrogens is 2. The quantitative estimate of drug-likeness (QED) is 0.655. The molecule has 9 nitrogen and oxygen atoms in total. The lowest BCUT2D eigenvalue weighted by Crippen LogP contribution is -2.66. The van der Waals surface area contributed by atoms with E-state index in [1.807, 2.05) is 0 Å². The molecule has 2 aromatic rings. The minimum atomic E-state index is -3.38. The van der Waals surface area contributed by atoms with Crippen LogP contribution in [0, 0.1) is 5.82 Å². The van der Waals surface area contributed by atoms with Crippen molar-refractivity contribution in [3.05, 3.63) is 29.9 Å². The van der Waals surface area contributed by atoms with E-state index in [9.17, 15) is 31.9 Å². The minimum Gasteiger partial charge on any atom is -0.352 e. The van der Waals surface area contributed by atoms with E-state index in [-0.39, 0.29) is 43.1 Å². The molecule has 3 amide bonds. The number of piperazine rings is 1. The standard InChI is InChI=1S/C21H21F4N5O4/c1-21(2)20(33)26-7-8-29(21)19(32)13-5-6-14(31)30(13)10-3-4-11(12(22)9-10)17-27-18(34-28-17)15(23)16(24)25/h3-4,9,13,15-16H,5-8H2,1-2H3,(H,26,33)/t13-,15?/m0/s1. The number of benzene rings is 1. The molecular weight excluding hydrogens is 462 g/mol. The molecule has 1 aromatic carbocycles. The first-order valence-corrected chi connectivity index (χ1v) is 10.5. The third-order valence-electron chi connectivity index (χ3n) is 5.99. The van der Waals surface area contributed by atoms with Crippen molar-refractivity contribution in [2.75, 3.05) is 18.0 Å². The number of nitrogens with zero attached hydrogens (tertiary/aromatic N) is 4. The fourth-order valence-electron chi connectivity index (χ4n) is 4.11. The Labute approximate surface area is 191 Å². The lowest BCUT2D eigenvalue weighted by Gasteiger charge is -2.43. The van der Waals surface area contributed by atoms with Gasteiger partial charge in [0, 0.05) is 25.2 Å². The zero-order chi connectivity index (χ0) is 24.8. The van der Waals surface area contributed by atoms with Crippen molar-refractivity contribution in [3.63, 3.8) is 0 Å². The summed E-state index contributed by atoms with van der Waals surface area (Å²) in [4.78, 5) is 44.2. The second kappa shape index (κ2) is 8.69. The van der Waals surface area contributed by atoms with E-state index in [1.54, 1.807) is 13.8 Å². The molecule has 2 saturated heterocycles. The number of anilines is 1. The Morgan fingerprint density at radius 1 is 1.26 bits per heavy atom. The van der Waals surface area contributed by atoms with Crippen LogP contribution in [0.4, 0.5) is 23.2 Å². The van der Waals surface area contributed by atoms with Crippen LogP contribution in [0.3, 0.4) is 0 Å². The van der Waals surface area contributed by atoms with Gasteiger partial charge in [0.1, 0.15) is 17.4 Å². The van der Waals surface area contributed by atoms with E-state index >= 15 is 0 Å². The SMILES string of the molecule is CC1(C)C(=O)NCCN1C(=O)[C@@H]1CCC(=O)N1c1ccc(-c2noc(C(F)C(F)F)n2)c(F)c1. The van der Waals surface area contributed by atoms with Gasteiger partial charge in [-0.3, -0.25) is 19.3 Å². The van der Waals surface area contributed by atoms with Crippen LogP contribution in [0.15, 0.2) is 22.7 Å².